The standard InChI is InChI=1S/2C7H8P.C2H3.Ni/c2*1-6-4-2-3-5-7(6)8;1-2;/h2*2-5,8H,1H3;1H,2H2;/q2*-1;;+2. The van der Waals surface area contributed by atoms with E-state index in [2.05, 4.69) is 74.0 Å². The van der Waals surface area contributed by atoms with Gasteiger partial charge in [-0.1, -0.05) is 0 Å². The second-order valence-corrected chi connectivity index (χ2v) is 12.4. The fourth-order valence-corrected chi connectivity index (χ4v) is 9.61. The molecule has 0 bridgehead atoms. The first-order valence-electron chi connectivity index (χ1n) is 6.06. The molecular weight excluding hydrogens is 313 g/mol. The Balaban J connectivity index is 2.12. The summed E-state index contributed by atoms with van der Waals surface area (Å²) in [5.74, 6) is 0. The topological polar surface area (TPSA) is 0 Å². The number of hydrogen-bond donors (Lipinski definition) is 0. The van der Waals surface area contributed by atoms with Crippen molar-refractivity contribution >= 4 is 25.3 Å². The Kier molecular flexibility index (Phi) is 5.78. The molecule has 2 unspecified atom stereocenters. The van der Waals surface area contributed by atoms with E-state index in [0.29, 0.717) is 0 Å². The van der Waals surface area contributed by atoms with Crippen molar-refractivity contribution in [1.29, 1.82) is 0 Å². The third-order valence-corrected chi connectivity index (χ3v) is 11.2. The molecule has 0 spiro atoms. The van der Waals surface area contributed by atoms with E-state index in [0.717, 1.165) is 14.7 Å². The maximum absolute atomic E-state index is 4.05. The Bertz CT molecular complexity index is 519. The molecule has 0 amide bonds. The molecule has 0 nitrogen and oxygen atoms in total. The molecule has 2 aromatic carbocycles. The van der Waals surface area contributed by atoms with Gasteiger partial charge in [0.1, 0.15) is 0 Å². The van der Waals surface area contributed by atoms with Crippen LogP contribution in [0.5, 0.6) is 0 Å². The molecule has 2 atom stereocenters. The summed E-state index contributed by atoms with van der Waals surface area (Å²) in [4.78, 5) is 0. The van der Waals surface area contributed by atoms with Crippen molar-refractivity contribution in [2.24, 2.45) is 0 Å². The monoisotopic (exact) mass is 331 g/mol. The van der Waals surface area contributed by atoms with Gasteiger partial charge in [0.05, 0.1) is 0 Å². The summed E-state index contributed by atoms with van der Waals surface area (Å²) in [6.45, 7) is 8.45. The van der Waals surface area contributed by atoms with Crippen LogP contribution in [0.2, 0.25) is 0 Å². The van der Waals surface area contributed by atoms with Crippen LogP contribution in [0.25, 0.3) is 0 Å². The Morgan fingerprint density at radius 1 is 0.842 bits per heavy atom. The molecule has 0 saturated carbocycles. The third-order valence-electron chi connectivity index (χ3n) is 2.76. The van der Waals surface area contributed by atoms with Crippen LogP contribution in [-0.4, -0.2) is 0 Å². The van der Waals surface area contributed by atoms with Crippen LogP contribution < -0.4 is 10.6 Å². The zero-order valence-electron chi connectivity index (χ0n) is 11.2. The van der Waals surface area contributed by atoms with Crippen LogP contribution in [0.3, 0.4) is 0 Å². The van der Waals surface area contributed by atoms with Gasteiger partial charge in [-0.3, -0.25) is 0 Å². The number of hydrogen-bond acceptors (Lipinski definition) is 0. The average molecular weight is 332 g/mol. The van der Waals surface area contributed by atoms with E-state index in [9.17, 15) is 0 Å². The molecule has 19 heavy (non-hydrogen) atoms. The Morgan fingerprint density at radius 3 is 1.63 bits per heavy atom. The van der Waals surface area contributed by atoms with Gasteiger partial charge in [-0.05, 0) is 0 Å². The molecule has 0 N–H and O–H groups in total. The summed E-state index contributed by atoms with van der Waals surface area (Å²) in [6.07, 6.45) is 0. The van der Waals surface area contributed by atoms with E-state index in [-0.39, 0.29) is 12.5 Å². The first-order chi connectivity index (χ1) is 9.20. The first kappa shape index (κ1) is 14.9. The summed E-state index contributed by atoms with van der Waals surface area (Å²) in [5.41, 5.74) is 2.80. The summed E-state index contributed by atoms with van der Waals surface area (Å²) in [7, 11) is 1.70. The Labute approximate surface area is 123 Å². The molecule has 0 aliphatic heterocycles. The van der Waals surface area contributed by atoms with Gasteiger partial charge >= 0.3 is 123 Å². The zero-order valence-corrected chi connectivity index (χ0v) is 14.2. The number of aryl methyl sites for hydroxylation is 2. The van der Waals surface area contributed by atoms with Crippen molar-refractivity contribution in [3.05, 3.63) is 71.3 Å². The molecule has 2 rings (SSSR count). The molecule has 103 valence electrons. The molecule has 0 radical (unpaired) electrons. The zero-order chi connectivity index (χ0) is 13.7. The minimum absolute atomic E-state index is 0.119. The van der Waals surface area contributed by atoms with E-state index in [1.807, 2.05) is 0 Å². The molecule has 0 aliphatic rings. The molecule has 3 heteroatoms. The quantitative estimate of drug-likeness (QED) is 0.569. The van der Waals surface area contributed by atoms with Gasteiger partial charge in [-0.25, -0.2) is 0 Å². The first-order valence-corrected chi connectivity index (χ1v) is 11.2. The van der Waals surface area contributed by atoms with Gasteiger partial charge in [-0.15, -0.1) is 0 Å². The van der Waals surface area contributed by atoms with Gasteiger partial charge in [0.25, 0.3) is 0 Å². The minimum atomic E-state index is 0.119. The summed E-state index contributed by atoms with van der Waals surface area (Å²) in [5, 5.41) is 5.13. The van der Waals surface area contributed by atoms with Crippen LogP contribution >= 0.6 is 14.7 Å². The molecule has 0 aliphatic carbocycles. The Morgan fingerprint density at radius 2 is 1.26 bits per heavy atom. The molecule has 2 aromatic rings. The van der Waals surface area contributed by atoms with Crippen LogP contribution in [0.4, 0.5) is 0 Å². The van der Waals surface area contributed by atoms with Crippen LogP contribution in [-0.2, 0) is 12.5 Å². The van der Waals surface area contributed by atoms with Crippen molar-refractivity contribution in [1.82, 2.24) is 0 Å². The van der Waals surface area contributed by atoms with Gasteiger partial charge in [0.15, 0.2) is 0 Å². The van der Waals surface area contributed by atoms with Crippen LogP contribution in [0.1, 0.15) is 11.1 Å². The fraction of sp³-hybridized carbons (Fsp3) is 0.125. The van der Waals surface area contributed by atoms with Gasteiger partial charge in [0, 0.05) is 0 Å². The predicted octanol–water partition coefficient (Wildman–Crippen LogP) is 4.20. The predicted molar refractivity (Wildman–Crippen MR) is 88.5 cm³/mol. The van der Waals surface area contributed by atoms with Crippen LogP contribution in [0.15, 0.2) is 60.2 Å². The van der Waals surface area contributed by atoms with Gasteiger partial charge < -0.3 is 0 Å². The van der Waals surface area contributed by atoms with E-state index in [1.165, 1.54) is 21.7 Å². The fourth-order valence-electron chi connectivity index (χ4n) is 1.59. The van der Waals surface area contributed by atoms with E-state index in [4.69, 9.17) is 0 Å². The van der Waals surface area contributed by atoms with E-state index >= 15 is 0 Å². The SMILES string of the molecule is C=[CH][Ni]([PH]c1ccccc1C)[PH]c1ccccc1C. The second-order valence-electron chi connectivity index (χ2n) is 4.18. The third kappa shape index (κ3) is 4.25. The number of benzene rings is 2. The summed E-state index contributed by atoms with van der Waals surface area (Å²) < 4.78 is 0. The molecule has 0 saturated heterocycles. The van der Waals surface area contributed by atoms with Gasteiger partial charge in [0.2, 0.25) is 0 Å². The van der Waals surface area contributed by atoms with Crippen molar-refractivity contribution in [2.45, 2.75) is 13.8 Å². The Hall–Kier alpha value is -0.466. The second kappa shape index (κ2) is 7.35. The maximum atomic E-state index is 4.05. The molecule has 0 fully saturated rings. The van der Waals surface area contributed by atoms with Crippen molar-refractivity contribution in [2.75, 3.05) is 0 Å². The van der Waals surface area contributed by atoms with E-state index in [1.54, 1.807) is 0 Å². The summed E-state index contributed by atoms with van der Waals surface area (Å²) >= 11 is 0.119. The van der Waals surface area contributed by atoms with Gasteiger partial charge in [-0.2, -0.15) is 0 Å². The normalized spacial score (nSPS) is 12.4. The number of rotatable bonds is 5. The summed E-state index contributed by atoms with van der Waals surface area (Å²) in [6, 6.07) is 17.4. The van der Waals surface area contributed by atoms with Crippen molar-refractivity contribution in [3.8, 4) is 0 Å². The van der Waals surface area contributed by atoms with E-state index < -0.39 is 0 Å². The molecular formula is C16H19NiP2. The van der Waals surface area contributed by atoms with Crippen molar-refractivity contribution in [3.63, 3.8) is 0 Å². The molecule has 0 heterocycles. The van der Waals surface area contributed by atoms with Crippen molar-refractivity contribution < 1.29 is 12.5 Å². The molecule has 0 aromatic heterocycles. The van der Waals surface area contributed by atoms with Crippen LogP contribution in [0, 0.1) is 13.8 Å². The average Bonchev–Trinajstić information content (AvgIpc) is 2.42.